The minimum atomic E-state index is -0.768. The zero-order valence-electron chi connectivity index (χ0n) is 17.8. The average Bonchev–Trinajstić information content (AvgIpc) is 2.82. The highest BCUT2D eigenvalue weighted by atomic mass is 16.6. The van der Waals surface area contributed by atoms with E-state index in [1.54, 1.807) is 4.90 Å². The summed E-state index contributed by atoms with van der Waals surface area (Å²) in [5, 5.41) is 10.0. The summed E-state index contributed by atoms with van der Waals surface area (Å²) in [6.45, 7) is 12.1. The van der Waals surface area contributed by atoms with Gasteiger partial charge in [0.1, 0.15) is 11.3 Å². The van der Waals surface area contributed by atoms with Gasteiger partial charge in [0.25, 0.3) is 0 Å². The van der Waals surface area contributed by atoms with Gasteiger partial charge in [-0.25, -0.2) is 4.79 Å². The Morgan fingerprint density at radius 3 is 2.46 bits per heavy atom. The quantitative estimate of drug-likeness (QED) is 0.728. The third kappa shape index (κ3) is 3.62. The van der Waals surface area contributed by atoms with Crippen molar-refractivity contribution in [2.24, 2.45) is 0 Å². The van der Waals surface area contributed by atoms with Crippen LogP contribution in [0.3, 0.4) is 0 Å². The predicted molar refractivity (Wildman–Crippen MR) is 110 cm³/mol. The van der Waals surface area contributed by atoms with Crippen molar-refractivity contribution in [2.45, 2.75) is 65.9 Å². The highest BCUT2D eigenvalue weighted by molar-refractivity contribution is 5.84. The number of nitrogens with zero attached hydrogens (tertiary/aromatic N) is 2. The largest absolute Gasteiger partial charge is 0.518 e. The van der Waals surface area contributed by atoms with Crippen LogP contribution < -0.4 is 4.48 Å². The number of hydrogen-bond acceptors (Lipinski definition) is 3. The van der Waals surface area contributed by atoms with Crippen LogP contribution in [0.25, 0.3) is 0 Å². The van der Waals surface area contributed by atoms with Gasteiger partial charge in [0.2, 0.25) is 0 Å². The standard InChI is InChI=1S/C22H32N2O4/c1-6-24(21(26)27)13-7-8-17-14-16-9-11-23(20(25)28-22(3,4)5)12-10-18(16)15(2)19(17)24/h14H,6-13H2,1-5H3/p+1. The highest BCUT2D eigenvalue weighted by Gasteiger charge is 2.44. The van der Waals surface area contributed by atoms with Crippen molar-refractivity contribution >= 4 is 17.9 Å². The van der Waals surface area contributed by atoms with Gasteiger partial charge in [0.15, 0.2) is 0 Å². The molecule has 6 heteroatoms. The van der Waals surface area contributed by atoms with Crippen LogP contribution in [-0.4, -0.2) is 54.0 Å². The minimum Gasteiger partial charge on any atom is -0.444 e. The molecule has 1 atom stereocenters. The van der Waals surface area contributed by atoms with Gasteiger partial charge in [-0.15, -0.1) is 0 Å². The van der Waals surface area contributed by atoms with E-state index in [0.717, 1.165) is 42.5 Å². The Kier molecular flexibility index (Phi) is 5.45. The normalized spacial score (nSPS) is 22.1. The van der Waals surface area contributed by atoms with E-state index >= 15 is 0 Å². The summed E-state index contributed by atoms with van der Waals surface area (Å²) in [6, 6.07) is 2.21. The van der Waals surface area contributed by atoms with Crippen molar-refractivity contribution in [2.75, 3.05) is 26.2 Å². The molecule has 0 spiro atoms. The Hall–Kier alpha value is -2.08. The molecule has 0 saturated heterocycles. The van der Waals surface area contributed by atoms with Gasteiger partial charge in [-0.3, -0.25) is 0 Å². The van der Waals surface area contributed by atoms with Gasteiger partial charge in [-0.1, -0.05) is 0 Å². The summed E-state index contributed by atoms with van der Waals surface area (Å²) in [7, 11) is 0. The molecule has 6 nitrogen and oxygen atoms in total. The fourth-order valence-corrected chi connectivity index (χ4v) is 4.77. The number of carbonyl (C=O) groups excluding carboxylic acids is 1. The topological polar surface area (TPSA) is 66.8 Å². The second-order valence-corrected chi connectivity index (χ2v) is 9.01. The summed E-state index contributed by atoms with van der Waals surface area (Å²) >= 11 is 0. The SMILES string of the molecule is CC[N+]1(C(=O)O)CCCc2cc3c(c(C)c21)CCN(C(=O)OC(C)(C)C)CC3. The smallest absolute Gasteiger partial charge is 0.444 e. The number of amides is 2. The predicted octanol–water partition coefficient (Wildman–Crippen LogP) is 4.28. The molecule has 0 bridgehead atoms. The van der Waals surface area contributed by atoms with E-state index in [2.05, 4.69) is 13.0 Å². The van der Waals surface area contributed by atoms with E-state index in [1.165, 1.54) is 11.1 Å². The Labute approximate surface area is 167 Å². The molecule has 154 valence electrons. The van der Waals surface area contributed by atoms with E-state index in [4.69, 9.17) is 4.74 Å². The van der Waals surface area contributed by atoms with E-state index in [1.807, 2.05) is 27.7 Å². The number of rotatable bonds is 1. The van der Waals surface area contributed by atoms with Crippen LogP contribution in [0.2, 0.25) is 0 Å². The van der Waals surface area contributed by atoms with E-state index < -0.39 is 11.7 Å². The van der Waals surface area contributed by atoms with Crippen molar-refractivity contribution in [3.63, 3.8) is 0 Å². The molecule has 2 aliphatic rings. The zero-order chi connectivity index (χ0) is 20.7. The van der Waals surface area contributed by atoms with Crippen LogP contribution in [0.1, 0.15) is 56.4 Å². The van der Waals surface area contributed by atoms with E-state index in [0.29, 0.717) is 26.2 Å². The number of fused-ring (bicyclic) bond motifs is 2. The Balaban J connectivity index is 1.96. The number of hydrogen-bond donors (Lipinski definition) is 1. The molecular formula is C22H33N2O4+. The second-order valence-electron chi connectivity index (χ2n) is 9.01. The van der Waals surface area contributed by atoms with Gasteiger partial charge in [-0.2, -0.15) is 9.28 Å². The van der Waals surface area contributed by atoms with Gasteiger partial charge in [0.05, 0.1) is 13.1 Å². The van der Waals surface area contributed by atoms with Gasteiger partial charge in [0, 0.05) is 30.6 Å². The lowest BCUT2D eigenvalue weighted by Crippen LogP contribution is -2.56. The van der Waals surface area contributed by atoms with E-state index in [9.17, 15) is 14.7 Å². The van der Waals surface area contributed by atoms with Crippen LogP contribution in [0.5, 0.6) is 0 Å². The molecule has 1 aromatic carbocycles. The molecular weight excluding hydrogens is 356 g/mol. The Bertz CT molecular complexity index is 797. The van der Waals surface area contributed by atoms with Crippen LogP contribution in [0, 0.1) is 6.92 Å². The summed E-state index contributed by atoms with van der Waals surface area (Å²) < 4.78 is 5.57. The number of benzene rings is 1. The lowest BCUT2D eigenvalue weighted by atomic mass is 9.87. The first-order valence-corrected chi connectivity index (χ1v) is 10.3. The summed E-state index contributed by atoms with van der Waals surface area (Å²) in [6.07, 6.45) is 2.28. The molecule has 0 saturated carbocycles. The molecule has 0 radical (unpaired) electrons. The van der Waals surface area contributed by atoms with Crippen molar-refractivity contribution in [1.29, 1.82) is 0 Å². The number of aryl methyl sites for hydroxylation is 1. The lowest BCUT2D eigenvalue weighted by Gasteiger charge is -2.38. The molecule has 1 aromatic rings. The summed E-state index contributed by atoms with van der Waals surface area (Å²) in [5.41, 5.74) is 5.20. The number of quaternary nitrogens is 1. The number of ether oxygens (including phenoxy) is 1. The molecule has 2 aliphatic heterocycles. The molecule has 2 heterocycles. The van der Waals surface area contributed by atoms with Crippen molar-refractivity contribution in [3.8, 4) is 0 Å². The summed E-state index contributed by atoms with van der Waals surface area (Å²) in [5.74, 6) is 0. The second kappa shape index (κ2) is 7.39. The first-order chi connectivity index (χ1) is 13.1. The van der Waals surface area contributed by atoms with Crippen molar-refractivity contribution in [1.82, 2.24) is 9.38 Å². The maximum atomic E-state index is 12.5. The zero-order valence-corrected chi connectivity index (χ0v) is 17.8. The molecule has 1 unspecified atom stereocenters. The fourth-order valence-electron chi connectivity index (χ4n) is 4.77. The highest BCUT2D eigenvalue weighted by Crippen LogP contribution is 2.40. The Morgan fingerprint density at radius 1 is 1.18 bits per heavy atom. The average molecular weight is 390 g/mol. The van der Waals surface area contributed by atoms with Crippen molar-refractivity contribution in [3.05, 3.63) is 28.3 Å². The fraction of sp³-hybridized carbons (Fsp3) is 0.636. The van der Waals surface area contributed by atoms with Gasteiger partial charge in [-0.05, 0) is 71.1 Å². The molecule has 0 aromatic heterocycles. The van der Waals surface area contributed by atoms with Crippen molar-refractivity contribution < 1.29 is 19.4 Å². The number of carboxylic acid groups (broad SMARTS) is 1. The van der Waals surface area contributed by atoms with Crippen LogP contribution >= 0.6 is 0 Å². The summed E-state index contributed by atoms with van der Waals surface area (Å²) in [4.78, 5) is 26.5. The minimum absolute atomic E-state index is 0.0181. The molecule has 0 aliphatic carbocycles. The first kappa shape index (κ1) is 20.6. The van der Waals surface area contributed by atoms with E-state index in [-0.39, 0.29) is 10.6 Å². The van der Waals surface area contributed by atoms with Gasteiger partial charge < -0.3 is 14.7 Å². The molecule has 3 rings (SSSR count). The van der Waals surface area contributed by atoms with Crippen LogP contribution in [0.4, 0.5) is 15.3 Å². The van der Waals surface area contributed by atoms with Gasteiger partial charge >= 0.3 is 12.2 Å². The molecule has 2 amide bonds. The van der Waals surface area contributed by atoms with Crippen LogP contribution in [0.15, 0.2) is 6.07 Å². The van der Waals surface area contributed by atoms with Crippen LogP contribution in [-0.2, 0) is 24.0 Å². The third-order valence-corrected chi connectivity index (χ3v) is 6.10. The lowest BCUT2D eigenvalue weighted by molar-refractivity contribution is 0.0258. The first-order valence-electron chi connectivity index (χ1n) is 10.3. The molecule has 28 heavy (non-hydrogen) atoms. The maximum Gasteiger partial charge on any atom is 0.518 e. The molecule has 1 N–H and O–H groups in total. The Morgan fingerprint density at radius 2 is 1.86 bits per heavy atom. The number of carbonyl (C=O) groups is 2. The third-order valence-electron chi connectivity index (χ3n) is 6.10. The molecule has 0 fully saturated rings. The monoisotopic (exact) mass is 389 g/mol. The maximum absolute atomic E-state index is 12.5.